The molecule has 0 saturated heterocycles. The van der Waals surface area contributed by atoms with Crippen molar-refractivity contribution in [3.8, 4) is 0 Å². The van der Waals surface area contributed by atoms with Crippen molar-refractivity contribution in [3.05, 3.63) is 47.1 Å². The average Bonchev–Trinajstić information content (AvgIpc) is 2.83. The molecule has 0 radical (unpaired) electrons. The first kappa shape index (κ1) is 12.5. The van der Waals surface area contributed by atoms with Gasteiger partial charge in [0.05, 0.1) is 16.1 Å². The fraction of sp³-hybridized carbons (Fsp3) is 0.0769. The highest BCUT2D eigenvalue weighted by Crippen LogP contribution is 2.32. The summed E-state index contributed by atoms with van der Waals surface area (Å²) in [4.78, 5) is 12.0. The number of rotatable bonds is 3. The Balaban J connectivity index is 1.96. The maximum absolute atomic E-state index is 6.25. The van der Waals surface area contributed by atoms with Gasteiger partial charge in [-0.25, -0.2) is 9.97 Å². The first-order valence-corrected chi connectivity index (χ1v) is 6.93. The molecule has 3 N–H and O–H groups in total. The molecule has 3 rings (SSSR count). The number of hydrogen-bond acceptors (Lipinski definition) is 4. The van der Waals surface area contributed by atoms with Gasteiger partial charge in [0.1, 0.15) is 5.03 Å². The summed E-state index contributed by atoms with van der Waals surface area (Å²) in [6.07, 6.45) is 1.71. The van der Waals surface area contributed by atoms with Gasteiger partial charge < -0.3 is 10.7 Å². The minimum absolute atomic E-state index is 0.398. The maximum atomic E-state index is 6.25. The molecule has 0 fully saturated rings. The summed E-state index contributed by atoms with van der Waals surface area (Å²) in [5.74, 6) is 0. The van der Waals surface area contributed by atoms with Gasteiger partial charge in [-0.2, -0.15) is 0 Å². The Morgan fingerprint density at radius 3 is 2.89 bits per heavy atom. The standard InChI is InChI=1S/C13H11ClN4S/c14-11-8(7-15)5-6-16-12(11)19-13-17-9-3-1-2-4-10(9)18-13/h1-6H,7,15H2,(H,17,18). The highest BCUT2D eigenvalue weighted by Gasteiger charge is 2.10. The van der Waals surface area contributed by atoms with Gasteiger partial charge in [-0.15, -0.1) is 0 Å². The van der Waals surface area contributed by atoms with Gasteiger partial charge in [-0.1, -0.05) is 23.7 Å². The summed E-state index contributed by atoms with van der Waals surface area (Å²) in [6.45, 7) is 0.398. The molecule has 2 heterocycles. The van der Waals surface area contributed by atoms with Crippen molar-refractivity contribution >= 4 is 34.4 Å². The molecule has 0 spiro atoms. The van der Waals surface area contributed by atoms with Crippen molar-refractivity contribution in [3.63, 3.8) is 0 Å². The second-order valence-corrected chi connectivity index (χ2v) is 5.31. The average molecular weight is 291 g/mol. The number of aromatic amines is 1. The molecule has 1 aromatic carbocycles. The van der Waals surface area contributed by atoms with Gasteiger partial charge in [-0.05, 0) is 35.5 Å². The molecule has 4 nitrogen and oxygen atoms in total. The van der Waals surface area contributed by atoms with E-state index in [9.17, 15) is 0 Å². The second kappa shape index (κ2) is 5.21. The molecule has 0 bridgehead atoms. The molecule has 19 heavy (non-hydrogen) atoms. The van der Waals surface area contributed by atoms with Gasteiger partial charge in [0.2, 0.25) is 0 Å². The van der Waals surface area contributed by atoms with Crippen LogP contribution in [0.3, 0.4) is 0 Å². The highest BCUT2D eigenvalue weighted by atomic mass is 35.5. The number of imidazole rings is 1. The number of H-pyrrole nitrogens is 1. The van der Waals surface area contributed by atoms with Crippen LogP contribution in [0, 0.1) is 0 Å². The van der Waals surface area contributed by atoms with Crippen LogP contribution in [0.4, 0.5) is 0 Å². The van der Waals surface area contributed by atoms with E-state index in [4.69, 9.17) is 17.3 Å². The number of pyridine rings is 1. The molecule has 96 valence electrons. The van der Waals surface area contributed by atoms with Crippen molar-refractivity contribution < 1.29 is 0 Å². The Kier molecular flexibility index (Phi) is 3.42. The Hall–Kier alpha value is -1.56. The lowest BCUT2D eigenvalue weighted by Gasteiger charge is -2.04. The lowest BCUT2D eigenvalue weighted by atomic mass is 10.3. The third-order valence-electron chi connectivity index (χ3n) is 2.72. The topological polar surface area (TPSA) is 67.6 Å². The first-order valence-electron chi connectivity index (χ1n) is 5.74. The molecular weight excluding hydrogens is 280 g/mol. The zero-order valence-corrected chi connectivity index (χ0v) is 11.5. The van der Waals surface area contributed by atoms with E-state index in [2.05, 4.69) is 15.0 Å². The van der Waals surface area contributed by atoms with Gasteiger partial charge >= 0.3 is 0 Å². The Bertz CT molecular complexity index is 692. The second-order valence-electron chi connectivity index (χ2n) is 3.95. The number of nitrogens with zero attached hydrogens (tertiary/aromatic N) is 2. The van der Waals surface area contributed by atoms with Gasteiger partial charge in [-0.3, -0.25) is 0 Å². The van der Waals surface area contributed by atoms with Crippen LogP contribution in [0.1, 0.15) is 5.56 Å². The zero-order chi connectivity index (χ0) is 13.2. The third kappa shape index (κ3) is 2.45. The fourth-order valence-corrected chi connectivity index (χ4v) is 2.89. The minimum Gasteiger partial charge on any atom is -0.333 e. The number of fused-ring (bicyclic) bond motifs is 1. The van der Waals surface area contributed by atoms with Crippen LogP contribution in [0.25, 0.3) is 11.0 Å². The van der Waals surface area contributed by atoms with Crippen molar-refractivity contribution in [2.75, 3.05) is 0 Å². The molecule has 0 atom stereocenters. The molecule has 0 unspecified atom stereocenters. The van der Waals surface area contributed by atoms with Crippen LogP contribution in [-0.4, -0.2) is 15.0 Å². The third-order valence-corrected chi connectivity index (χ3v) is 4.14. The summed E-state index contributed by atoms with van der Waals surface area (Å²) in [5.41, 5.74) is 8.44. The van der Waals surface area contributed by atoms with Crippen LogP contribution in [0.2, 0.25) is 5.02 Å². The quantitative estimate of drug-likeness (QED) is 0.777. The summed E-state index contributed by atoms with van der Waals surface area (Å²) in [6, 6.07) is 9.69. The minimum atomic E-state index is 0.398. The lowest BCUT2D eigenvalue weighted by Crippen LogP contribution is -1.98. The highest BCUT2D eigenvalue weighted by molar-refractivity contribution is 7.99. The molecule has 0 aliphatic rings. The maximum Gasteiger partial charge on any atom is 0.172 e. The number of benzene rings is 1. The Morgan fingerprint density at radius 1 is 1.26 bits per heavy atom. The summed E-state index contributed by atoms with van der Waals surface area (Å²) in [5, 5.41) is 2.07. The van der Waals surface area contributed by atoms with Crippen LogP contribution < -0.4 is 5.73 Å². The molecule has 0 saturated carbocycles. The smallest absolute Gasteiger partial charge is 0.172 e. The number of nitrogens with two attached hydrogens (primary N) is 1. The van der Waals surface area contributed by atoms with Crippen LogP contribution in [0.15, 0.2) is 46.7 Å². The summed E-state index contributed by atoms with van der Waals surface area (Å²) >= 11 is 7.66. The predicted octanol–water partition coefficient (Wildman–Crippen LogP) is 3.22. The molecular formula is C13H11ClN4S. The molecule has 0 amide bonds. The van der Waals surface area contributed by atoms with Crippen molar-refractivity contribution in [2.45, 2.75) is 16.7 Å². The van der Waals surface area contributed by atoms with E-state index in [1.165, 1.54) is 11.8 Å². The number of nitrogens with one attached hydrogen (secondary N) is 1. The van der Waals surface area contributed by atoms with Crippen LogP contribution in [-0.2, 0) is 6.54 Å². The van der Waals surface area contributed by atoms with E-state index in [0.29, 0.717) is 16.6 Å². The van der Waals surface area contributed by atoms with Gasteiger partial charge in [0.15, 0.2) is 5.16 Å². The summed E-state index contributed by atoms with van der Waals surface area (Å²) in [7, 11) is 0. The number of para-hydroxylation sites is 2. The number of aromatic nitrogens is 3. The van der Waals surface area contributed by atoms with Crippen LogP contribution >= 0.6 is 23.4 Å². The van der Waals surface area contributed by atoms with Crippen molar-refractivity contribution in [1.82, 2.24) is 15.0 Å². The normalized spacial score (nSPS) is 11.1. The van der Waals surface area contributed by atoms with Gasteiger partial charge in [0, 0.05) is 12.7 Å². The van der Waals surface area contributed by atoms with E-state index < -0.39 is 0 Å². The summed E-state index contributed by atoms with van der Waals surface area (Å²) < 4.78 is 0. The lowest BCUT2D eigenvalue weighted by molar-refractivity contribution is 1.01. The number of halogens is 1. The molecule has 6 heteroatoms. The van der Waals surface area contributed by atoms with E-state index in [0.717, 1.165) is 21.8 Å². The van der Waals surface area contributed by atoms with E-state index in [1.807, 2.05) is 30.3 Å². The molecule has 0 aliphatic heterocycles. The largest absolute Gasteiger partial charge is 0.333 e. The SMILES string of the molecule is NCc1ccnc(Sc2nc3ccccc3[nH]2)c1Cl. The molecule has 3 aromatic rings. The van der Waals surface area contributed by atoms with Crippen molar-refractivity contribution in [1.29, 1.82) is 0 Å². The molecule has 0 aliphatic carbocycles. The van der Waals surface area contributed by atoms with E-state index >= 15 is 0 Å². The fourth-order valence-electron chi connectivity index (χ4n) is 1.76. The van der Waals surface area contributed by atoms with Gasteiger partial charge in [0.25, 0.3) is 0 Å². The Morgan fingerprint density at radius 2 is 2.11 bits per heavy atom. The Labute approximate surface area is 119 Å². The van der Waals surface area contributed by atoms with E-state index in [-0.39, 0.29) is 0 Å². The zero-order valence-electron chi connectivity index (χ0n) is 9.93. The van der Waals surface area contributed by atoms with Crippen LogP contribution in [0.5, 0.6) is 0 Å². The number of hydrogen-bond donors (Lipinski definition) is 2. The van der Waals surface area contributed by atoms with E-state index in [1.54, 1.807) is 6.20 Å². The molecule has 2 aromatic heterocycles. The monoisotopic (exact) mass is 290 g/mol. The first-order chi connectivity index (χ1) is 9.28. The predicted molar refractivity (Wildman–Crippen MR) is 77.4 cm³/mol. The van der Waals surface area contributed by atoms with Crippen molar-refractivity contribution in [2.24, 2.45) is 5.73 Å².